The zero-order chi connectivity index (χ0) is 20.3. The molecule has 7 heteroatoms. The minimum absolute atomic E-state index is 0.0541. The fraction of sp³-hybridized carbons (Fsp3) is 0.409. The highest BCUT2D eigenvalue weighted by Gasteiger charge is 2.58. The first kappa shape index (κ1) is 19.2. The van der Waals surface area contributed by atoms with Crippen LogP contribution in [0, 0.1) is 5.41 Å². The Bertz CT molecular complexity index is 857. The van der Waals surface area contributed by atoms with E-state index in [4.69, 9.17) is 4.74 Å². The van der Waals surface area contributed by atoms with E-state index in [1.807, 2.05) is 42.2 Å². The van der Waals surface area contributed by atoms with Crippen molar-refractivity contribution in [3.63, 3.8) is 0 Å². The first-order valence-corrected chi connectivity index (χ1v) is 10.1. The Hall–Kier alpha value is -3.09. The topological polar surface area (TPSA) is 74.8 Å². The van der Waals surface area contributed by atoms with Crippen LogP contribution in [0.3, 0.4) is 0 Å². The van der Waals surface area contributed by atoms with Gasteiger partial charge in [0, 0.05) is 38.1 Å². The van der Waals surface area contributed by atoms with Crippen molar-refractivity contribution in [3.8, 4) is 5.75 Å². The molecule has 7 nitrogen and oxygen atoms in total. The lowest BCUT2D eigenvalue weighted by Crippen LogP contribution is -2.52. The van der Waals surface area contributed by atoms with Crippen LogP contribution in [0.25, 0.3) is 0 Å². The smallest absolute Gasteiger partial charge is 0.240 e. The van der Waals surface area contributed by atoms with Crippen molar-refractivity contribution in [3.05, 3.63) is 48.7 Å². The van der Waals surface area contributed by atoms with Gasteiger partial charge in [-0.3, -0.25) is 9.59 Å². The van der Waals surface area contributed by atoms with Crippen molar-refractivity contribution in [2.45, 2.75) is 19.8 Å². The predicted octanol–water partition coefficient (Wildman–Crippen LogP) is 2.55. The molecule has 1 aliphatic carbocycles. The minimum atomic E-state index is -0.911. The van der Waals surface area contributed by atoms with Gasteiger partial charge in [-0.2, -0.15) is 0 Å². The number of anilines is 2. The Morgan fingerprint density at radius 1 is 1.07 bits per heavy atom. The molecule has 1 aromatic heterocycles. The molecule has 1 saturated carbocycles. The Kier molecular flexibility index (Phi) is 5.38. The zero-order valence-corrected chi connectivity index (χ0v) is 16.6. The number of rotatable bonds is 6. The van der Waals surface area contributed by atoms with Crippen LogP contribution in [-0.4, -0.2) is 54.5 Å². The summed E-state index contributed by atoms with van der Waals surface area (Å²) in [5.74, 6) is 1.42. The average Bonchev–Trinajstić information content (AvgIpc) is 3.58. The molecule has 2 fully saturated rings. The maximum atomic E-state index is 13.1. The largest absolute Gasteiger partial charge is 0.494 e. The number of hydrogen-bond acceptors (Lipinski definition) is 5. The molecule has 0 unspecified atom stereocenters. The van der Waals surface area contributed by atoms with E-state index in [0.29, 0.717) is 38.2 Å². The molecular weight excluding hydrogens is 368 g/mol. The number of nitrogens with one attached hydrogen (secondary N) is 1. The number of hydrogen-bond donors (Lipinski definition) is 1. The van der Waals surface area contributed by atoms with Crippen molar-refractivity contribution in [1.82, 2.24) is 9.88 Å². The summed E-state index contributed by atoms with van der Waals surface area (Å²) >= 11 is 0. The van der Waals surface area contributed by atoms with Gasteiger partial charge in [-0.25, -0.2) is 4.98 Å². The predicted molar refractivity (Wildman–Crippen MR) is 111 cm³/mol. The lowest BCUT2D eigenvalue weighted by Gasteiger charge is -2.36. The SMILES string of the molecule is CCOc1ccc(NC(=O)C2(C(=O)N3CCN(c4ccccn4)CC3)CC2)cc1. The van der Waals surface area contributed by atoms with Gasteiger partial charge in [0.1, 0.15) is 17.0 Å². The molecule has 1 aromatic carbocycles. The molecular formula is C22H26N4O3. The van der Waals surface area contributed by atoms with Gasteiger partial charge in [-0.05, 0) is 56.2 Å². The van der Waals surface area contributed by atoms with E-state index < -0.39 is 5.41 Å². The summed E-state index contributed by atoms with van der Waals surface area (Å²) in [6, 6.07) is 13.1. The lowest BCUT2D eigenvalue weighted by atomic mass is 10.0. The Balaban J connectivity index is 1.35. The molecule has 0 spiro atoms. The Morgan fingerprint density at radius 3 is 2.38 bits per heavy atom. The number of amides is 2. The molecule has 4 rings (SSSR count). The average molecular weight is 394 g/mol. The normalized spacial score (nSPS) is 17.6. The second-order valence-corrected chi connectivity index (χ2v) is 7.46. The van der Waals surface area contributed by atoms with Gasteiger partial charge in [-0.1, -0.05) is 6.07 Å². The molecule has 0 radical (unpaired) electrons. The monoisotopic (exact) mass is 394 g/mol. The molecule has 152 valence electrons. The summed E-state index contributed by atoms with van der Waals surface area (Å²) in [6.45, 7) is 5.17. The number of benzene rings is 1. The number of carbonyl (C=O) groups is 2. The van der Waals surface area contributed by atoms with Gasteiger partial charge in [0.2, 0.25) is 11.8 Å². The summed E-state index contributed by atoms with van der Waals surface area (Å²) in [7, 11) is 0. The Morgan fingerprint density at radius 2 is 1.79 bits per heavy atom. The highest BCUT2D eigenvalue weighted by molar-refractivity contribution is 6.13. The van der Waals surface area contributed by atoms with E-state index in [1.165, 1.54) is 0 Å². The second kappa shape index (κ2) is 8.11. The first-order valence-electron chi connectivity index (χ1n) is 10.1. The number of pyridine rings is 1. The van der Waals surface area contributed by atoms with Crippen LogP contribution in [-0.2, 0) is 9.59 Å². The molecule has 2 amide bonds. The Labute approximate surface area is 170 Å². The van der Waals surface area contributed by atoms with Crippen LogP contribution in [0.4, 0.5) is 11.5 Å². The van der Waals surface area contributed by atoms with Crippen LogP contribution >= 0.6 is 0 Å². The van der Waals surface area contributed by atoms with Crippen LogP contribution in [0.2, 0.25) is 0 Å². The van der Waals surface area contributed by atoms with E-state index in [1.54, 1.807) is 18.3 Å². The van der Waals surface area contributed by atoms with E-state index in [2.05, 4.69) is 15.2 Å². The van der Waals surface area contributed by atoms with Crippen molar-refractivity contribution in [2.75, 3.05) is 43.0 Å². The van der Waals surface area contributed by atoms with Gasteiger partial charge in [0.05, 0.1) is 6.61 Å². The maximum absolute atomic E-state index is 13.1. The lowest BCUT2D eigenvalue weighted by molar-refractivity contribution is -0.142. The fourth-order valence-electron chi connectivity index (χ4n) is 3.70. The molecule has 2 aliphatic rings. The van der Waals surface area contributed by atoms with E-state index in [0.717, 1.165) is 24.7 Å². The standard InChI is InChI=1S/C22H26N4O3/c1-2-29-18-8-6-17(7-9-18)24-20(27)22(10-11-22)21(28)26-15-13-25(14-16-26)19-5-3-4-12-23-19/h3-9,12H,2,10-11,13-16H2,1H3,(H,24,27). The summed E-state index contributed by atoms with van der Waals surface area (Å²) in [6.07, 6.45) is 2.99. The van der Waals surface area contributed by atoms with Gasteiger partial charge in [0.25, 0.3) is 0 Å². The molecule has 2 aromatic rings. The van der Waals surface area contributed by atoms with Crippen LogP contribution < -0.4 is 15.0 Å². The summed E-state index contributed by atoms with van der Waals surface area (Å²) in [4.78, 5) is 34.3. The summed E-state index contributed by atoms with van der Waals surface area (Å²) in [5, 5.41) is 2.91. The highest BCUT2D eigenvalue weighted by Crippen LogP contribution is 2.48. The fourth-order valence-corrected chi connectivity index (χ4v) is 3.70. The summed E-state index contributed by atoms with van der Waals surface area (Å²) < 4.78 is 5.42. The third-order valence-electron chi connectivity index (χ3n) is 5.56. The number of piperazine rings is 1. The van der Waals surface area contributed by atoms with Crippen molar-refractivity contribution >= 4 is 23.3 Å². The van der Waals surface area contributed by atoms with Gasteiger partial charge >= 0.3 is 0 Å². The quantitative estimate of drug-likeness (QED) is 0.762. The van der Waals surface area contributed by atoms with Gasteiger partial charge < -0.3 is 19.9 Å². The molecule has 1 aliphatic heterocycles. The van der Waals surface area contributed by atoms with Crippen LogP contribution in [0.5, 0.6) is 5.75 Å². The summed E-state index contributed by atoms with van der Waals surface area (Å²) in [5.41, 5.74) is -0.233. The zero-order valence-electron chi connectivity index (χ0n) is 16.6. The van der Waals surface area contributed by atoms with Crippen molar-refractivity contribution in [1.29, 1.82) is 0 Å². The van der Waals surface area contributed by atoms with Gasteiger partial charge in [0.15, 0.2) is 0 Å². The van der Waals surface area contributed by atoms with E-state index in [-0.39, 0.29) is 11.8 Å². The van der Waals surface area contributed by atoms with E-state index in [9.17, 15) is 9.59 Å². The van der Waals surface area contributed by atoms with E-state index >= 15 is 0 Å². The first-order chi connectivity index (χ1) is 14.1. The highest BCUT2D eigenvalue weighted by atomic mass is 16.5. The molecule has 1 N–H and O–H groups in total. The maximum Gasteiger partial charge on any atom is 0.240 e. The number of carbonyl (C=O) groups excluding carboxylic acids is 2. The van der Waals surface area contributed by atoms with Crippen molar-refractivity contribution in [2.24, 2.45) is 5.41 Å². The molecule has 29 heavy (non-hydrogen) atoms. The molecule has 2 heterocycles. The van der Waals surface area contributed by atoms with Gasteiger partial charge in [-0.15, -0.1) is 0 Å². The number of aromatic nitrogens is 1. The van der Waals surface area contributed by atoms with Crippen LogP contribution in [0.15, 0.2) is 48.7 Å². The minimum Gasteiger partial charge on any atom is -0.494 e. The number of ether oxygens (including phenoxy) is 1. The second-order valence-electron chi connectivity index (χ2n) is 7.46. The van der Waals surface area contributed by atoms with Crippen molar-refractivity contribution < 1.29 is 14.3 Å². The molecule has 0 atom stereocenters. The number of nitrogens with zero attached hydrogens (tertiary/aromatic N) is 3. The molecule has 1 saturated heterocycles. The third-order valence-corrected chi connectivity index (χ3v) is 5.56. The third kappa shape index (κ3) is 4.04. The van der Waals surface area contributed by atoms with Crippen LogP contribution in [0.1, 0.15) is 19.8 Å². The molecule has 0 bridgehead atoms.